The van der Waals surface area contributed by atoms with Gasteiger partial charge < -0.3 is 20.4 Å². The van der Waals surface area contributed by atoms with Crippen molar-refractivity contribution in [3.8, 4) is 0 Å². The topological polar surface area (TPSA) is 60.0 Å². The summed E-state index contributed by atoms with van der Waals surface area (Å²) in [6.07, 6.45) is 5.96. The summed E-state index contributed by atoms with van der Waals surface area (Å²) in [6.45, 7) is 6.82. The largest absolute Gasteiger partial charge is 0.368 e. The summed E-state index contributed by atoms with van der Waals surface area (Å²) in [5.74, 6) is 0.893. The molecule has 2 aliphatic rings. The summed E-state index contributed by atoms with van der Waals surface area (Å²) in [6, 6.07) is 10.9. The molecule has 148 valence electrons. The number of anilines is 1. The molecule has 1 saturated heterocycles. The molecule has 3 rings (SSSR count). The van der Waals surface area contributed by atoms with Crippen LogP contribution in [-0.2, 0) is 4.79 Å². The normalized spacial score (nSPS) is 19.1. The lowest BCUT2D eigenvalue weighted by atomic mass is 9.95. The van der Waals surface area contributed by atoms with Crippen molar-refractivity contribution < 1.29 is 4.79 Å². The average molecular weight is 372 g/mol. The van der Waals surface area contributed by atoms with Gasteiger partial charge in [-0.25, -0.2) is 4.99 Å². The molecule has 1 saturated carbocycles. The first-order valence-corrected chi connectivity index (χ1v) is 10.4. The molecule has 2 fully saturated rings. The number of hydrogen-bond donors (Lipinski definition) is 2. The lowest BCUT2D eigenvalue weighted by Crippen LogP contribution is -2.52. The second-order valence-corrected chi connectivity index (χ2v) is 7.38. The third-order valence-electron chi connectivity index (χ3n) is 5.38. The number of amides is 1. The van der Waals surface area contributed by atoms with Crippen LogP contribution in [0.3, 0.4) is 0 Å². The van der Waals surface area contributed by atoms with E-state index < -0.39 is 0 Å². The van der Waals surface area contributed by atoms with Gasteiger partial charge in [-0.3, -0.25) is 4.79 Å². The molecular formula is C21H33N5O. The fourth-order valence-corrected chi connectivity index (χ4v) is 3.91. The third kappa shape index (κ3) is 5.88. The predicted molar refractivity (Wildman–Crippen MR) is 111 cm³/mol. The van der Waals surface area contributed by atoms with Crippen LogP contribution in [0.1, 0.15) is 39.0 Å². The quantitative estimate of drug-likeness (QED) is 0.616. The number of hydrogen-bond acceptors (Lipinski definition) is 3. The van der Waals surface area contributed by atoms with E-state index >= 15 is 0 Å². The zero-order chi connectivity index (χ0) is 18.9. The Morgan fingerprint density at radius 3 is 2.44 bits per heavy atom. The number of rotatable bonds is 5. The van der Waals surface area contributed by atoms with Crippen LogP contribution in [0.4, 0.5) is 5.69 Å². The van der Waals surface area contributed by atoms with Gasteiger partial charge in [0.05, 0.1) is 0 Å². The molecule has 0 bridgehead atoms. The van der Waals surface area contributed by atoms with Crippen molar-refractivity contribution >= 4 is 17.6 Å². The summed E-state index contributed by atoms with van der Waals surface area (Å²) in [7, 11) is 0. The Hall–Kier alpha value is -2.24. The minimum Gasteiger partial charge on any atom is -0.368 e. The average Bonchev–Trinajstić information content (AvgIpc) is 2.73. The van der Waals surface area contributed by atoms with Crippen molar-refractivity contribution in [1.29, 1.82) is 0 Å². The van der Waals surface area contributed by atoms with E-state index in [4.69, 9.17) is 0 Å². The summed E-state index contributed by atoms with van der Waals surface area (Å²) < 4.78 is 0. The van der Waals surface area contributed by atoms with Gasteiger partial charge in [0.1, 0.15) is 6.54 Å². The number of nitrogens with zero attached hydrogens (tertiary/aromatic N) is 3. The Morgan fingerprint density at radius 2 is 1.78 bits per heavy atom. The maximum atomic E-state index is 12.3. The van der Waals surface area contributed by atoms with E-state index in [1.54, 1.807) is 0 Å². The summed E-state index contributed by atoms with van der Waals surface area (Å²) in [5, 5.41) is 6.49. The summed E-state index contributed by atoms with van der Waals surface area (Å²) in [4.78, 5) is 21.5. The summed E-state index contributed by atoms with van der Waals surface area (Å²) in [5.41, 5.74) is 1.27. The highest BCUT2D eigenvalue weighted by Crippen LogP contribution is 2.17. The molecule has 1 aromatic carbocycles. The van der Waals surface area contributed by atoms with Gasteiger partial charge in [-0.1, -0.05) is 37.5 Å². The lowest BCUT2D eigenvalue weighted by molar-refractivity contribution is -0.120. The highest BCUT2D eigenvalue weighted by Gasteiger charge is 2.20. The number of benzene rings is 1. The van der Waals surface area contributed by atoms with Crippen LogP contribution < -0.4 is 15.5 Å². The highest BCUT2D eigenvalue weighted by molar-refractivity contribution is 5.85. The van der Waals surface area contributed by atoms with Crippen LogP contribution in [0.5, 0.6) is 0 Å². The van der Waals surface area contributed by atoms with Crippen LogP contribution in [0.15, 0.2) is 35.3 Å². The Balaban J connectivity index is 1.50. The maximum absolute atomic E-state index is 12.3. The van der Waals surface area contributed by atoms with Crippen molar-refractivity contribution in [2.45, 2.75) is 45.1 Å². The number of piperazine rings is 1. The Kier molecular flexibility index (Phi) is 7.36. The van der Waals surface area contributed by atoms with Crippen LogP contribution in [-0.4, -0.2) is 62.1 Å². The number of carbonyl (C=O) groups is 1. The van der Waals surface area contributed by atoms with E-state index in [1.807, 2.05) is 6.07 Å². The first-order valence-electron chi connectivity index (χ1n) is 10.4. The molecule has 1 amide bonds. The molecule has 6 heteroatoms. The number of para-hydroxylation sites is 1. The van der Waals surface area contributed by atoms with Gasteiger partial charge in [-0.05, 0) is 31.9 Å². The van der Waals surface area contributed by atoms with Crippen LogP contribution >= 0.6 is 0 Å². The first kappa shape index (κ1) is 19.5. The van der Waals surface area contributed by atoms with Crippen molar-refractivity contribution in [3.63, 3.8) is 0 Å². The fourth-order valence-electron chi connectivity index (χ4n) is 3.91. The van der Waals surface area contributed by atoms with Gasteiger partial charge in [0.15, 0.2) is 5.96 Å². The van der Waals surface area contributed by atoms with Gasteiger partial charge in [-0.15, -0.1) is 0 Å². The predicted octanol–water partition coefficient (Wildman–Crippen LogP) is 2.22. The Morgan fingerprint density at radius 1 is 1.07 bits per heavy atom. The molecule has 1 aliphatic heterocycles. The second kappa shape index (κ2) is 10.2. The molecule has 0 unspecified atom stereocenters. The molecule has 1 heterocycles. The van der Waals surface area contributed by atoms with E-state index in [0.717, 1.165) is 51.5 Å². The van der Waals surface area contributed by atoms with Gasteiger partial charge in [0.25, 0.3) is 0 Å². The molecule has 0 atom stereocenters. The molecule has 0 aromatic heterocycles. The Labute approximate surface area is 163 Å². The standard InChI is InChI=1S/C21H33N5O/c1-2-22-21(23-17-20(27)24-18-9-5-3-6-10-18)26-15-13-25(14-16-26)19-11-7-4-8-12-19/h4,7-8,11-12,18H,2-3,5-6,9-10,13-17H2,1H3,(H,22,23)(H,24,27). The highest BCUT2D eigenvalue weighted by atomic mass is 16.1. The molecule has 27 heavy (non-hydrogen) atoms. The first-order chi connectivity index (χ1) is 13.3. The van der Waals surface area contributed by atoms with E-state index in [1.165, 1.54) is 24.9 Å². The number of nitrogens with one attached hydrogen (secondary N) is 2. The monoisotopic (exact) mass is 371 g/mol. The third-order valence-corrected chi connectivity index (χ3v) is 5.38. The number of aliphatic imine (C=N–C) groups is 1. The van der Waals surface area contributed by atoms with Gasteiger partial charge >= 0.3 is 0 Å². The number of carbonyl (C=O) groups excluding carboxylic acids is 1. The van der Waals surface area contributed by atoms with E-state index in [2.05, 4.69) is 56.6 Å². The van der Waals surface area contributed by atoms with Crippen LogP contribution in [0.25, 0.3) is 0 Å². The van der Waals surface area contributed by atoms with Crippen molar-refractivity contribution in [2.75, 3.05) is 44.2 Å². The minimum atomic E-state index is 0.0419. The molecule has 1 aromatic rings. The second-order valence-electron chi connectivity index (χ2n) is 7.38. The van der Waals surface area contributed by atoms with E-state index in [-0.39, 0.29) is 12.5 Å². The van der Waals surface area contributed by atoms with Crippen LogP contribution in [0.2, 0.25) is 0 Å². The molecular weight excluding hydrogens is 338 g/mol. The van der Waals surface area contributed by atoms with Gasteiger partial charge in [0, 0.05) is 44.5 Å². The smallest absolute Gasteiger partial charge is 0.242 e. The van der Waals surface area contributed by atoms with Gasteiger partial charge in [-0.2, -0.15) is 0 Å². The zero-order valence-corrected chi connectivity index (χ0v) is 16.5. The maximum Gasteiger partial charge on any atom is 0.242 e. The molecule has 0 radical (unpaired) electrons. The molecule has 0 spiro atoms. The SMILES string of the molecule is CCNC(=NCC(=O)NC1CCCCC1)N1CCN(c2ccccc2)CC1. The molecule has 1 aliphatic carbocycles. The van der Waals surface area contributed by atoms with Crippen molar-refractivity contribution in [2.24, 2.45) is 4.99 Å². The van der Waals surface area contributed by atoms with Crippen molar-refractivity contribution in [1.82, 2.24) is 15.5 Å². The van der Waals surface area contributed by atoms with Gasteiger partial charge in [0.2, 0.25) is 5.91 Å². The Bertz CT molecular complexity index is 604. The summed E-state index contributed by atoms with van der Waals surface area (Å²) >= 11 is 0. The zero-order valence-electron chi connectivity index (χ0n) is 16.5. The minimum absolute atomic E-state index is 0.0419. The van der Waals surface area contributed by atoms with E-state index in [0.29, 0.717) is 6.04 Å². The molecule has 6 nitrogen and oxygen atoms in total. The van der Waals surface area contributed by atoms with Crippen molar-refractivity contribution in [3.05, 3.63) is 30.3 Å². The number of guanidine groups is 1. The van der Waals surface area contributed by atoms with E-state index in [9.17, 15) is 4.79 Å². The van der Waals surface area contributed by atoms with Crippen LogP contribution in [0, 0.1) is 0 Å². The molecule has 2 N–H and O–H groups in total. The fraction of sp³-hybridized carbons (Fsp3) is 0.619. The lowest BCUT2D eigenvalue weighted by Gasteiger charge is -2.37.